The minimum atomic E-state index is -0.347. The van der Waals surface area contributed by atoms with Crippen molar-refractivity contribution in [2.45, 2.75) is 57.7 Å². The molecule has 5 heteroatoms. The van der Waals surface area contributed by atoms with E-state index in [4.69, 9.17) is 9.72 Å². The van der Waals surface area contributed by atoms with E-state index in [0.29, 0.717) is 6.10 Å². The van der Waals surface area contributed by atoms with Gasteiger partial charge in [0, 0.05) is 24.6 Å². The first-order valence-electron chi connectivity index (χ1n) is 7.82. The molecule has 4 nitrogen and oxygen atoms in total. The number of thiazole rings is 1. The predicted molar refractivity (Wildman–Crippen MR) is 81.5 cm³/mol. The molecule has 0 bridgehead atoms. The summed E-state index contributed by atoms with van der Waals surface area (Å²) in [6.07, 6.45) is 6.42. The van der Waals surface area contributed by atoms with Crippen LogP contribution in [0.25, 0.3) is 0 Å². The van der Waals surface area contributed by atoms with Crippen LogP contribution >= 0.6 is 11.3 Å². The Labute approximate surface area is 124 Å². The SMILES string of the molecule is CCCOC1CCCN(c2nc3c(s2)CCCC3O)C1. The molecule has 112 valence electrons. The molecule has 2 unspecified atom stereocenters. The Hall–Kier alpha value is -0.650. The number of anilines is 1. The maximum Gasteiger partial charge on any atom is 0.185 e. The summed E-state index contributed by atoms with van der Waals surface area (Å²) in [7, 11) is 0. The number of fused-ring (bicyclic) bond motifs is 1. The second-order valence-electron chi connectivity index (χ2n) is 5.79. The summed E-state index contributed by atoms with van der Waals surface area (Å²) < 4.78 is 5.89. The number of hydrogen-bond acceptors (Lipinski definition) is 5. The minimum absolute atomic E-state index is 0.342. The quantitative estimate of drug-likeness (QED) is 0.928. The van der Waals surface area contributed by atoms with Crippen molar-refractivity contribution in [3.8, 4) is 0 Å². The van der Waals surface area contributed by atoms with Gasteiger partial charge in [-0.15, -0.1) is 11.3 Å². The molecule has 0 amide bonds. The molecule has 1 aromatic heterocycles. The predicted octanol–water partition coefficient (Wildman–Crippen LogP) is 2.91. The molecule has 0 radical (unpaired) electrons. The number of aryl methyl sites for hydroxylation is 1. The average molecular weight is 296 g/mol. The third-order valence-corrected chi connectivity index (χ3v) is 5.31. The maximum absolute atomic E-state index is 10.0. The number of aliphatic hydroxyl groups is 1. The number of hydrogen-bond donors (Lipinski definition) is 1. The standard InChI is InChI=1S/C15H24N2O2S/c1-2-9-19-11-5-4-8-17(10-11)15-16-14-12(18)6-3-7-13(14)20-15/h11-12,18H,2-10H2,1H3. The van der Waals surface area contributed by atoms with Gasteiger partial charge in [-0.2, -0.15) is 0 Å². The number of piperidine rings is 1. The highest BCUT2D eigenvalue weighted by atomic mass is 32.1. The Kier molecular flexibility index (Phi) is 4.58. The Balaban J connectivity index is 1.69. The number of rotatable bonds is 4. The second kappa shape index (κ2) is 6.41. The van der Waals surface area contributed by atoms with Gasteiger partial charge < -0.3 is 14.7 Å². The molecule has 2 heterocycles. The second-order valence-corrected chi connectivity index (χ2v) is 6.86. The summed E-state index contributed by atoms with van der Waals surface area (Å²) in [5.74, 6) is 0. The van der Waals surface area contributed by atoms with Crippen LogP contribution in [-0.4, -0.2) is 35.9 Å². The molecule has 0 spiro atoms. The summed E-state index contributed by atoms with van der Waals surface area (Å²) in [6.45, 7) is 5.01. The van der Waals surface area contributed by atoms with Gasteiger partial charge in [0.15, 0.2) is 5.13 Å². The van der Waals surface area contributed by atoms with Crippen LogP contribution in [0.5, 0.6) is 0 Å². The van der Waals surface area contributed by atoms with E-state index >= 15 is 0 Å². The summed E-state index contributed by atoms with van der Waals surface area (Å²) in [6, 6.07) is 0. The topological polar surface area (TPSA) is 45.6 Å². The number of nitrogens with zero attached hydrogens (tertiary/aromatic N) is 2. The molecule has 0 aromatic carbocycles. The molecular weight excluding hydrogens is 272 g/mol. The molecule has 1 saturated heterocycles. The van der Waals surface area contributed by atoms with Crippen LogP contribution < -0.4 is 4.90 Å². The molecule has 3 rings (SSSR count). The smallest absolute Gasteiger partial charge is 0.185 e. The van der Waals surface area contributed by atoms with Crippen LogP contribution in [0.2, 0.25) is 0 Å². The molecule has 1 N–H and O–H groups in total. The summed E-state index contributed by atoms with van der Waals surface area (Å²) >= 11 is 1.77. The molecule has 1 aromatic rings. The van der Waals surface area contributed by atoms with Crippen LogP contribution in [0.1, 0.15) is 55.7 Å². The van der Waals surface area contributed by atoms with Crippen molar-refractivity contribution in [3.63, 3.8) is 0 Å². The average Bonchev–Trinajstić information content (AvgIpc) is 2.91. The van der Waals surface area contributed by atoms with Crippen LogP contribution in [0.3, 0.4) is 0 Å². The van der Waals surface area contributed by atoms with Crippen LogP contribution in [0.15, 0.2) is 0 Å². The fourth-order valence-corrected chi connectivity index (χ4v) is 4.24. The molecule has 1 aliphatic carbocycles. The van der Waals surface area contributed by atoms with Gasteiger partial charge in [0.2, 0.25) is 0 Å². The lowest BCUT2D eigenvalue weighted by atomic mass is 10.0. The van der Waals surface area contributed by atoms with Crippen LogP contribution in [-0.2, 0) is 11.2 Å². The molecule has 1 aliphatic heterocycles. The fourth-order valence-electron chi connectivity index (χ4n) is 3.05. The maximum atomic E-state index is 10.0. The first-order valence-corrected chi connectivity index (χ1v) is 8.63. The lowest BCUT2D eigenvalue weighted by Crippen LogP contribution is -2.39. The molecule has 2 aliphatic rings. The van der Waals surface area contributed by atoms with Gasteiger partial charge in [-0.1, -0.05) is 6.92 Å². The van der Waals surface area contributed by atoms with Crippen LogP contribution in [0.4, 0.5) is 5.13 Å². The van der Waals surface area contributed by atoms with Crippen molar-refractivity contribution in [2.24, 2.45) is 0 Å². The van der Waals surface area contributed by atoms with Crippen molar-refractivity contribution >= 4 is 16.5 Å². The van der Waals surface area contributed by atoms with Crippen LogP contribution in [0, 0.1) is 0 Å². The number of aromatic nitrogens is 1. The molecular formula is C15H24N2O2S. The van der Waals surface area contributed by atoms with Crippen molar-refractivity contribution < 1.29 is 9.84 Å². The third-order valence-electron chi connectivity index (χ3n) is 4.12. The number of ether oxygens (including phenoxy) is 1. The van der Waals surface area contributed by atoms with Crippen molar-refractivity contribution in [1.29, 1.82) is 0 Å². The van der Waals surface area contributed by atoms with E-state index in [9.17, 15) is 5.11 Å². The van der Waals surface area contributed by atoms with E-state index in [1.165, 1.54) is 11.3 Å². The first kappa shape index (κ1) is 14.3. The molecule has 20 heavy (non-hydrogen) atoms. The van der Waals surface area contributed by atoms with E-state index in [2.05, 4.69) is 11.8 Å². The Bertz CT molecular complexity index is 449. The summed E-state index contributed by atoms with van der Waals surface area (Å²) in [5.41, 5.74) is 0.938. The lowest BCUT2D eigenvalue weighted by molar-refractivity contribution is 0.0440. The van der Waals surface area contributed by atoms with Crippen molar-refractivity contribution in [2.75, 3.05) is 24.6 Å². The highest BCUT2D eigenvalue weighted by Gasteiger charge is 2.27. The minimum Gasteiger partial charge on any atom is -0.387 e. The highest BCUT2D eigenvalue weighted by molar-refractivity contribution is 7.15. The zero-order valence-corrected chi connectivity index (χ0v) is 13.0. The van der Waals surface area contributed by atoms with Gasteiger partial charge in [-0.25, -0.2) is 4.98 Å². The van der Waals surface area contributed by atoms with E-state index in [0.717, 1.165) is 62.6 Å². The molecule has 2 atom stereocenters. The van der Waals surface area contributed by atoms with E-state index in [1.807, 2.05) is 0 Å². The van der Waals surface area contributed by atoms with Gasteiger partial charge >= 0.3 is 0 Å². The summed E-state index contributed by atoms with van der Waals surface area (Å²) in [5, 5.41) is 11.1. The van der Waals surface area contributed by atoms with Gasteiger partial charge in [-0.3, -0.25) is 0 Å². The van der Waals surface area contributed by atoms with Crippen molar-refractivity contribution in [1.82, 2.24) is 4.98 Å². The van der Waals surface area contributed by atoms with Gasteiger partial charge in [0.1, 0.15) is 0 Å². The molecule has 0 saturated carbocycles. The normalized spacial score (nSPS) is 26.6. The number of aliphatic hydroxyl groups excluding tert-OH is 1. The summed E-state index contributed by atoms with van der Waals surface area (Å²) in [4.78, 5) is 8.34. The highest BCUT2D eigenvalue weighted by Crippen LogP contribution is 2.37. The van der Waals surface area contributed by atoms with Gasteiger partial charge in [0.05, 0.1) is 17.9 Å². The van der Waals surface area contributed by atoms with E-state index in [-0.39, 0.29) is 6.10 Å². The fraction of sp³-hybridized carbons (Fsp3) is 0.800. The van der Waals surface area contributed by atoms with Gasteiger partial charge in [-0.05, 0) is 38.5 Å². The monoisotopic (exact) mass is 296 g/mol. The largest absolute Gasteiger partial charge is 0.387 e. The van der Waals surface area contributed by atoms with E-state index in [1.54, 1.807) is 11.3 Å². The zero-order valence-electron chi connectivity index (χ0n) is 12.2. The Morgan fingerprint density at radius 2 is 2.30 bits per heavy atom. The molecule has 1 fully saturated rings. The van der Waals surface area contributed by atoms with Gasteiger partial charge in [0.25, 0.3) is 0 Å². The Morgan fingerprint density at radius 1 is 1.40 bits per heavy atom. The third kappa shape index (κ3) is 3.00. The van der Waals surface area contributed by atoms with E-state index < -0.39 is 0 Å². The zero-order chi connectivity index (χ0) is 13.9. The first-order chi connectivity index (χ1) is 9.78. The van der Waals surface area contributed by atoms with Crippen molar-refractivity contribution in [3.05, 3.63) is 10.6 Å². The lowest BCUT2D eigenvalue weighted by Gasteiger charge is -2.32. The Morgan fingerprint density at radius 3 is 3.10 bits per heavy atom.